The van der Waals surface area contributed by atoms with E-state index < -0.39 is 11.7 Å². The van der Waals surface area contributed by atoms with Crippen LogP contribution in [0.15, 0.2) is 36.7 Å². The number of benzene rings is 1. The first-order valence-electron chi connectivity index (χ1n) is 8.07. The molecular weight excluding hydrogens is 347 g/mol. The zero-order valence-electron chi connectivity index (χ0n) is 14.1. The number of anilines is 2. The summed E-state index contributed by atoms with van der Waals surface area (Å²) >= 11 is 0. The molecule has 2 aromatic rings. The Kier molecular flexibility index (Phi) is 5.08. The van der Waals surface area contributed by atoms with Crippen molar-refractivity contribution in [3.05, 3.63) is 47.9 Å². The van der Waals surface area contributed by atoms with Crippen LogP contribution in [0.5, 0.6) is 0 Å². The molecule has 0 unspecified atom stereocenters. The van der Waals surface area contributed by atoms with Gasteiger partial charge in [-0.15, -0.1) is 0 Å². The Bertz CT molecular complexity index is 771. The molecule has 3 rings (SSSR count). The van der Waals surface area contributed by atoms with Gasteiger partial charge in [-0.3, -0.25) is 4.79 Å². The normalized spacial score (nSPS) is 15.8. The Morgan fingerprint density at radius 2 is 1.85 bits per heavy atom. The summed E-state index contributed by atoms with van der Waals surface area (Å²) in [4.78, 5) is 24.4. The number of amides is 1. The van der Waals surface area contributed by atoms with Gasteiger partial charge in [0.1, 0.15) is 11.5 Å². The third kappa shape index (κ3) is 4.29. The number of alkyl halides is 3. The number of piperazine rings is 1. The van der Waals surface area contributed by atoms with Gasteiger partial charge in [-0.2, -0.15) is 13.2 Å². The molecule has 1 N–H and O–H groups in total. The number of carbonyl (C=O) groups excluding carboxylic acids is 1. The molecule has 1 aromatic carbocycles. The lowest BCUT2D eigenvalue weighted by Crippen LogP contribution is -2.47. The van der Waals surface area contributed by atoms with Gasteiger partial charge in [0.15, 0.2) is 0 Å². The second-order valence-electron chi connectivity index (χ2n) is 6.09. The average Bonchev–Trinajstić information content (AvgIpc) is 2.62. The van der Waals surface area contributed by atoms with Crippen LogP contribution in [-0.4, -0.2) is 58.9 Å². The van der Waals surface area contributed by atoms with Gasteiger partial charge in [-0.1, -0.05) is 6.07 Å². The summed E-state index contributed by atoms with van der Waals surface area (Å²) in [6, 6.07) is 4.80. The summed E-state index contributed by atoms with van der Waals surface area (Å²) in [5.74, 6) is 0.0653. The van der Waals surface area contributed by atoms with E-state index in [1.165, 1.54) is 24.5 Å². The lowest BCUT2D eigenvalue weighted by atomic mass is 10.2. The fourth-order valence-corrected chi connectivity index (χ4v) is 2.60. The van der Waals surface area contributed by atoms with Crippen LogP contribution in [-0.2, 0) is 6.18 Å². The molecule has 138 valence electrons. The maximum atomic E-state index is 12.7. The Morgan fingerprint density at radius 3 is 2.46 bits per heavy atom. The van der Waals surface area contributed by atoms with Crippen molar-refractivity contribution in [2.75, 3.05) is 38.5 Å². The molecule has 0 radical (unpaired) electrons. The number of nitrogens with one attached hydrogen (secondary N) is 1. The minimum Gasteiger partial charge on any atom is -0.339 e. The highest BCUT2D eigenvalue weighted by Gasteiger charge is 2.30. The van der Waals surface area contributed by atoms with Crippen LogP contribution >= 0.6 is 0 Å². The van der Waals surface area contributed by atoms with Crippen molar-refractivity contribution in [2.45, 2.75) is 6.18 Å². The third-order valence-corrected chi connectivity index (χ3v) is 4.12. The van der Waals surface area contributed by atoms with Crippen molar-refractivity contribution in [2.24, 2.45) is 0 Å². The molecule has 0 bridgehead atoms. The van der Waals surface area contributed by atoms with Crippen LogP contribution in [0.1, 0.15) is 16.1 Å². The highest BCUT2D eigenvalue weighted by Crippen LogP contribution is 2.31. The van der Waals surface area contributed by atoms with E-state index >= 15 is 0 Å². The zero-order valence-corrected chi connectivity index (χ0v) is 14.1. The number of rotatable bonds is 3. The van der Waals surface area contributed by atoms with E-state index in [1.807, 2.05) is 7.05 Å². The van der Waals surface area contributed by atoms with Crippen LogP contribution in [0.3, 0.4) is 0 Å². The molecule has 6 nitrogen and oxygen atoms in total. The topological polar surface area (TPSA) is 61.4 Å². The monoisotopic (exact) mass is 365 g/mol. The van der Waals surface area contributed by atoms with Crippen molar-refractivity contribution in [3.63, 3.8) is 0 Å². The molecule has 1 saturated heterocycles. The van der Waals surface area contributed by atoms with E-state index in [2.05, 4.69) is 20.2 Å². The van der Waals surface area contributed by atoms with Gasteiger partial charge >= 0.3 is 6.18 Å². The van der Waals surface area contributed by atoms with Crippen LogP contribution < -0.4 is 5.32 Å². The van der Waals surface area contributed by atoms with Crippen molar-refractivity contribution in [3.8, 4) is 0 Å². The molecule has 2 heterocycles. The number of halogens is 3. The van der Waals surface area contributed by atoms with Gasteiger partial charge in [0.2, 0.25) is 0 Å². The van der Waals surface area contributed by atoms with Crippen molar-refractivity contribution < 1.29 is 18.0 Å². The SMILES string of the molecule is CN1CCN(C(=O)c2cnc(Nc3cccc(C(F)(F)F)c3)cn2)CC1. The van der Waals surface area contributed by atoms with E-state index in [4.69, 9.17) is 0 Å². The van der Waals surface area contributed by atoms with E-state index in [1.54, 1.807) is 4.90 Å². The zero-order chi connectivity index (χ0) is 18.7. The number of nitrogens with zero attached hydrogens (tertiary/aromatic N) is 4. The Hall–Kier alpha value is -2.68. The molecule has 0 saturated carbocycles. The summed E-state index contributed by atoms with van der Waals surface area (Å²) in [5, 5.41) is 2.76. The van der Waals surface area contributed by atoms with Gasteiger partial charge in [-0.05, 0) is 25.2 Å². The number of likely N-dealkylation sites (N-methyl/N-ethyl adjacent to an activating group) is 1. The molecule has 26 heavy (non-hydrogen) atoms. The maximum absolute atomic E-state index is 12.7. The molecule has 0 aliphatic carbocycles. The third-order valence-electron chi connectivity index (χ3n) is 4.12. The predicted octanol–water partition coefficient (Wildman–Crippen LogP) is 2.63. The Labute approximate surface area is 148 Å². The van der Waals surface area contributed by atoms with Crippen LogP contribution in [0, 0.1) is 0 Å². The van der Waals surface area contributed by atoms with Gasteiger partial charge in [0.05, 0.1) is 18.0 Å². The second kappa shape index (κ2) is 7.28. The maximum Gasteiger partial charge on any atom is 0.416 e. The minimum atomic E-state index is -4.41. The van der Waals surface area contributed by atoms with Gasteiger partial charge in [-0.25, -0.2) is 9.97 Å². The summed E-state index contributed by atoms with van der Waals surface area (Å²) < 4.78 is 38.2. The van der Waals surface area contributed by atoms with Gasteiger partial charge < -0.3 is 15.1 Å². The Balaban J connectivity index is 1.67. The van der Waals surface area contributed by atoms with Crippen LogP contribution in [0.2, 0.25) is 0 Å². The molecule has 0 atom stereocenters. The number of hydrogen-bond donors (Lipinski definition) is 1. The molecule has 1 fully saturated rings. The van der Waals surface area contributed by atoms with Crippen molar-refractivity contribution >= 4 is 17.4 Å². The van der Waals surface area contributed by atoms with Crippen molar-refractivity contribution in [1.29, 1.82) is 0 Å². The minimum absolute atomic E-state index is 0.198. The summed E-state index contributed by atoms with van der Waals surface area (Å²) in [5.41, 5.74) is -0.297. The van der Waals surface area contributed by atoms with Crippen LogP contribution in [0.4, 0.5) is 24.7 Å². The summed E-state index contributed by atoms with van der Waals surface area (Å²) in [7, 11) is 2.00. The van der Waals surface area contributed by atoms with E-state index in [-0.39, 0.29) is 23.1 Å². The quantitative estimate of drug-likeness (QED) is 0.906. The number of hydrogen-bond acceptors (Lipinski definition) is 5. The second-order valence-corrected chi connectivity index (χ2v) is 6.09. The smallest absolute Gasteiger partial charge is 0.339 e. The standard InChI is InChI=1S/C17H18F3N5O/c1-24-5-7-25(8-6-24)16(26)14-10-22-15(11-21-14)23-13-4-2-3-12(9-13)17(18,19)20/h2-4,9-11H,5-8H2,1H3,(H,22,23). The first kappa shape index (κ1) is 18.1. The Morgan fingerprint density at radius 1 is 1.12 bits per heavy atom. The van der Waals surface area contributed by atoms with E-state index in [0.29, 0.717) is 13.1 Å². The predicted molar refractivity (Wildman–Crippen MR) is 90.2 cm³/mol. The first-order chi connectivity index (χ1) is 12.3. The molecule has 9 heteroatoms. The summed E-state index contributed by atoms with van der Waals surface area (Å²) in [6.07, 6.45) is -1.75. The molecule has 1 aliphatic rings. The number of carbonyl (C=O) groups is 1. The van der Waals surface area contributed by atoms with Gasteiger partial charge in [0.25, 0.3) is 5.91 Å². The first-order valence-corrected chi connectivity index (χ1v) is 8.07. The average molecular weight is 365 g/mol. The van der Waals surface area contributed by atoms with Crippen LogP contribution in [0.25, 0.3) is 0 Å². The fraction of sp³-hybridized carbons (Fsp3) is 0.353. The van der Waals surface area contributed by atoms with Crippen molar-refractivity contribution in [1.82, 2.24) is 19.8 Å². The molecular formula is C17H18F3N5O. The highest BCUT2D eigenvalue weighted by atomic mass is 19.4. The van der Waals surface area contributed by atoms with Gasteiger partial charge in [0, 0.05) is 31.9 Å². The lowest BCUT2D eigenvalue weighted by Gasteiger charge is -2.32. The van der Waals surface area contributed by atoms with E-state index in [9.17, 15) is 18.0 Å². The molecule has 1 aliphatic heterocycles. The van der Waals surface area contributed by atoms with E-state index in [0.717, 1.165) is 25.2 Å². The fourth-order valence-electron chi connectivity index (χ4n) is 2.60. The lowest BCUT2D eigenvalue weighted by molar-refractivity contribution is -0.137. The molecule has 0 spiro atoms. The summed E-state index contributed by atoms with van der Waals surface area (Å²) in [6.45, 7) is 2.85. The largest absolute Gasteiger partial charge is 0.416 e. The molecule has 1 aromatic heterocycles. The highest BCUT2D eigenvalue weighted by molar-refractivity contribution is 5.92. The molecule has 1 amide bonds. The number of aromatic nitrogens is 2.